The van der Waals surface area contributed by atoms with Crippen LogP contribution in [0.3, 0.4) is 0 Å². The van der Waals surface area contributed by atoms with Gasteiger partial charge < -0.3 is 5.32 Å². The molecule has 1 heteroatoms. The van der Waals surface area contributed by atoms with Crippen molar-refractivity contribution in [3.8, 4) is 0 Å². The Kier molecular flexibility index (Phi) is 10.4. The molecule has 92 valence electrons. The van der Waals surface area contributed by atoms with Gasteiger partial charge in [0.1, 0.15) is 0 Å². The summed E-state index contributed by atoms with van der Waals surface area (Å²) in [5.74, 6) is 1.78. The molecule has 1 unspecified atom stereocenters. The van der Waals surface area contributed by atoms with Gasteiger partial charge in [-0.25, -0.2) is 0 Å². The van der Waals surface area contributed by atoms with Gasteiger partial charge in [0, 0.05) is 0 Å². The first-order valence-electron chi connectivity index (χ1n) is 6.87. The first-order valence-corrected chi connectivity index (χ1v) is 6.87. The van der Waals surface area contributed by atoms with Crippen LogP contribution in [-0.4, -0.2) is 13.1 Å². The lowest BCUT2D eigenvalue weighted by atomic mass is 9.94. The van der Waals surface area contributed by atoms with Crippen LogP contribution < -0.4 is 5.32 Å². The standard InChI is InChI=1S/C14H31N/c1-5-6-10-15-11-8-7-9-14(4)12-13(2)3/h13-15H,5-12H2,1-4H3. The zero-order valence-corrected chi connectivity index (χ0v) is 11.3. The maximum atomic E-state index is 3.50. The van der Waals surface area contributed by atoms with Gasteiger partial charge in [0.05, 0.1) is 0 Å². The van der Waals surface area contributed by atoms with Crippen molar-refractivity contribution in [1.82, 2.24) is 5.32 Å². The summed E-state index contributed by atoms with van der Waals surface area (Å²) in [7, 11) is 0. The topological polar surface area (TPSA) is 12.0 Å². The minimum atomic E-state index is 0.864. The van der Waals surface area contributed by atoms with Crippen LogP contribution in [0.2, 0.25) is 0 Å². The fourth-order valence-electron chi connectivity index (χ4n) is 2.09. The zero-order valence-electron chi connectivity index (χ0n) is 11.3. The lowest BCUT2D eigenvalue weighted by molar-refractivity contribution is 0.399. The van der Waals surface area contributed by atoms with E-state index >= 15 is 0 Å². The Bertz CT molecular complexity index is 121. The molecule has 0 aliphatic heterocycles. The van der Waals surface area contributed by atoms with E-state index in [4.69, 9.17) is 0 Å². The molecule has 0 rings (SSSR count). The van der Waals surface area contributed by atoms with E-state index in [0.717, 1.165) is 11.8 Å². The number of unbranched alkanes of at least 4 members (excludes halogenated alkanes) is 2. The van der Waals surface area contributed by atoms with Crippen molar-refractivity contribution in [3.63, 3.8) is 0 Å². The third-order valence-corrected chi connectivity index (χ3v) is 2.88. The van der Waals surface area contributed by atoms with E-state index in [9.17, 15) is 0 Å². The Balaban J connectivity index is 3.09. The summed E-state index contributed by atoms with van der Waals surface area (Å²) in [5.41, 5.74) is 0. The van der Waals surface area contributed by atoms with Crippen molar-refractivity contribution in [2.75, 3.05) is 13.1 Å². The Hall–Kier alpha value is -0.0400. The first kappa shape index (κ1) is 15.0. The molecule has 1 atom stereocenters. The number of hydrogen-bond donors (Lipinski definition) is 1. The van der Waals surface area contributed by atoms with Gasteiger partial charge in [0.2, 0.25) is 0 Å². The third-order valence-electron chi connectivity index (χ3n) is 2.88. The molecule has 0 aliphatic rings. The fourth-order valence-corrected chi connectivity index (χ4v) is 2.09. The molecule has 0 aromatic heterocycles. The largest absolute Gasteiger partial charge is 0.317 e. The quantitative estimate of drug-likeness (QED) is 0.536. The molecule has 0 heterocycles. The second-order valence-electron chi connectivity index (χ2n) is 5.33. The van der Waals surface area contributed by atoms with Crippen molar-refractivity contribution < 1.29 is 0 Å². The number of nitrogens with one attached hydrogen (secondary N) is 1. The molecular formula is C14H31N. The maximum absolute atomic E-state index is 3.50. The summed E-state index contributed by atoms with van der Waals surface area (Å²) in [6.45, 7) is 11.7. The highest BCUT2D eigenvalue weighted by Crippen LogP contribution is 2.16. The summed E-state index contributed by atoms with van der Waals surface area (Å²) in [6.07, 6.45) is 8.18. The summed E-state index contributed by atoms with van der Waals surface area (Å²) < 4.78 is 0. The van der Waals surface area contributed by atoms with Gasteiger partial charge in [-0.2, -0.15) is 0 Å². The molecule has 1 nitrogen and oxygen atoms in total. The summed E-state index contributed by atoms with van der Waals surface area (Å²) in [5, 5.41) is 3.50. The highest BCUT2D eigenvalue weighted by Gasteiger charge is 2.04. The maximum Gasteiger partial charge on any atom is -0.00489 e. The van der Waals surface area contributed by atoms with E-state index in [-0.39, 0.29) is 0 Å². The highest BCUT2D eigenvalue weighted by molar-refractivity contribution is 4.57. The number of rotatable bonds is 10. The van der Waals surface area contributed by atoms with Crippen molar-refractivity contribution in [3.05, 3.63) is 0 Å². The predicted molar refractivity (Wildman–Crippen MR) is 70.2 cm³/mol. The minimum Gasteiger partial charge on any atom is -0.317 e. The van der Waals surface area contributed by atoms with Crippen molar-refractivity contribution in [1.29, 1.82) is 0 Å². The summed E-state index contributed by atoms with van der Waals surface area (Å²) in [4.78, 5) is 0. The summed E-state index contributed by atoms with van der Waals surface area (Å²) in [6, 6.07) is 0. The molecule has 0 radical (unpaired) electrons. The van der Waals surface area contributed by atoms with Gasteiger partial charge in [0.15, 0.2) is 0 Å². The molecule has 0 saturated carbocycles. The normalized spacial score (nSPS) is 13.4. The molecule has 0 aromatic carbocycles. The Morgan fingerprint density at radius 2 is 1.60 bits per heavy atom. The van der Waals surface area contributed by atoms with Crippen molar-refractivity contribution >= 4 is 0 Å². The molecule has 0 saturated heterocycles. The molecule has 0 amide bonds. The van der Waals surface area contributed by atoms with E-state index in [1.807, 2.05) is 0 Å². The van der Waals surface area contributed by atoms with Gasteiger partial charge in [-0.1, -0.05) is 47.0 Å². The molecule has 1 N–H and O–H groups in total. The van der Waals surface area contributed by atoms with Crippen LogP contribution in [-0.2, 0) is 0 Å². The SMILES string of the molecule is CCCCNCCCCC(C)CC(C)C. The monoisotopic (exact) mass is 213 g/mol. The fraction of sp³-hybridized carbons (Fsp3) is 1.00. The van der Waals surface area contributed by atoms with Gasteiger partial charge >= 0.3 is 0 Å². The van der Waals surface area contributed by atoms with Crippen LogP contribution in [0.25, 0.3) is 0 Å². The lowest BCUT2D eigenvalue weighted by Crippen LogP contribution is -2.16. The highest BCUT2D eigenvalue weighted by atomic mass is 14.8. The predicted octanol–water partition coefficient (Wildman–Crippen LogP) is 4.23. The Labute approximate surface area is 97.0 Å². The van der Waals surface area contributed by atoms with E-state index < -0.39 is 0 Å². The van der Waals surface area contributed by atoms with Crippen molar-refractivity contribution in [2.45, 2.75) is 66.2 Å². The van der Waals surface area contributed by atoms with Crippen LogP contribution in [0.15, 0.2) is 0 Å². The van der Waals surface area contributed by atoms with Crippen LogP contribution in [0, 0.1) is 11.8 Å². The van der Waals surface area contributed by atoms with E-state index in [1.54, 1.807) is 0 Å². The van der Waals surface area contributed by atoms with Gasteiger partial charge in [0.25, 0.3) is 0 Å². The van der Waals surface area contributed by atoms with Crippen LogP contribution in [0.1, 0.15) is 66.2 Å². The van der Waals surface area contributed by atoms with Gasteiger partial charge in [-0.15, -0.1) is 0 Å². The molecule has 15 heavy (non-hydrogen) atoms. The van der Waals surface area contributed by atoms with Gasteiger partial charge in [-0.05, 0) is 44.2 Å². The average Bonchev–Trinajstić information content (AvgIpc) is 2.15. The first-order chi connectivity index (χ1) is 7.16. The molecular weight excluding hydrogens is 182 g/mol. The second kappa shape index (κ2) is 10.5. The average molecular weight is 213 g/mol. The molecule has 0 aromatic rings. The van der Waals surface area contributed by atoms with Crippen LogP contribution in [0.4, 0.5) is 0 Å². The van der Waals surface area contributed by atoms with E-state index in [1.165, 1.54) is 51.6 Å². The van der Waals surface area contributed by atoms with Crippen molar-refractivity contribution in [2.24, 2.45) is 11.8 Å². The van der Waals surface area contributed by atoms with Gasteiger partial charge in [-0.3, -0.25) is 0 Å². The zero-order chi connectivity index (χ0) is 11.5. The van der Waals surface area contributed by atoms with Crippen LogP contribution in [0.5, 0.6) is 0 Å². The molecule has 0 bridgehead atoms. The third kappa shape index (κ3) is 11.9. The Morgan fingerprint density at radius 1 is 0.933 bits per heavy atom. The molecule has 0 aliphatic carbocycles. The second-order valence-corrected chi connectivity index (χ2v) is 5.33. The molecule has 0 spiro atoms. The summed E-state index contributed by atoms with van der Waals surface area (Å²) >= 11 is 0. The van der Waals surface area contributed by atoms with E-state index in [2.05, 4.69) is 33.0 Å². The molecule has 0 fully saturated rings. The van der Waals surface area contributed by atoms with Crippen LogP contribution >= 0.6 is 0 Å². The Morgan fingerprint density at radius 3 is 2.20 bits per heavy atom. The minimum absolute atomic E-state index is 0.864. The lowest BCUT2D eigenvalue weighted by Gasteiger charge is -2.13. The smallest absolute Gasteiger partial charge is 0.00489 e. The van der Waals surface area contributed by atoms with E-state index in [0.29, 0.717) is 0 Å². The number of hydrogen-bond acceptors (Lipinski definition) is 1.